The van der Waals surface area contributed by atoms with E-state index in [1.54, 1.807) is 25.3 Å². The van der Waals surface area contributed by atoms with E-state index in [-0.39, 0.29) is 33.6 Å². The lowest BCUT2D eigenvalue weighted by atomic mass is 10.2. The summed E-state index contributed by atoms with van der Waals surface area (Å²) >= 11 is 6.85. The quantitative estimate of drug-likeness (QED) is 0.409. The van der Waals surface area contributed by atoms with Gasteiger partial charge in [-0.2, -0.15) is 0 Å². The minimum absolute atomic E-state index is 0.0495. The van der Waals surface area contributed by atoms with Gasteiger partial charge in [0.1, 0.15) is 16.4 Å². The van der Waals surface area contributed by atoms with Crippen LogP contribution >= 0.6 is 22.9 Å². The smallest absolute Gasteiger partial charge is 0.267 e. The third-order valence-corrected chi connectivity index (χ3v) is 6.14. The van der Waals surface area contributed by atoms with E-state index in [1.165, 1.54) is 22.7 Å². The number of aromatic nitrogens is 4. The van der Waals surface area contributed by atoms with Gasteiger partial charge < -0.3 is 15.4 Å². The zero-order chi connectivity index (χ0) is 23.1. The first-order chi connectivity index (χ1) is 15.9. The van der Waals surface area contributed by atoms with E-state index in [0.717, 1.165) is 24.2 Å². The maximum atomic E-state index is 14.3. The number of thiazole rings is 1. The number of hydrogen-bond donors (Lipinski definition) is 2. The largest absolute Gasteiger partial charge is 0.438 e. The minimum Gasteiger partial charge on any atom is -0.438 e. The lowest BCUT2D eigenvalue weighted by Crippen LogP contribution is -2.13. The maximum absolute atomic E-state index is 14.3. The number of nitrogens with zero attached hydrogens (tertiary/aromatic N) is 4. The highest BCUT2D eigenvalue weighted by Gasteiger charge is 2.30. The van der Waals surface area contributed by atoms with Crippen molar-refractivity contribution in [1.29, 1.82) is 0 Å². The third-order valence-electron chi connectivity index (χ3n) is 4.88. The summed E-state index contributed by atoms with van der Waals surface area (Å²) < 4.78 is 21.7. The zero-order valence-corrected chi connectivity index (χ0v) is 18.7. The molecule has 3 aromatic heterocycles. The molecule has 1 fully saturated rings. The van der Waals surface area contributed by atoms with Crippen molar-refractivity contribution in [1.82, 2.24) is 19.6 Å². The van der Waals surface area contributed by atoms with Gasteiger partial charge in [-0.15, -0.1) is 5.10 Å². The van der Waals surface area contributed by atoms with Gasteiger partial charge in [0.25, 0.3) is 5.91 Å². The van der Waals surface area contributed by atoms with Crippen molar-refractivity contribution < 1.29 is 18.7 Å². The van der Waals surface area contributed by atoms with E-state index in [4.69, 9.17) is 16.3 Å². The van der Waals surface area contributed by atoms with Crippen LogP contribution in [0.5, 0.6) is 11.6 Å². The molecule has 0 unspecified atom stereocenters. The number of halogens is 2. The summed E-state index contributed by atoms with van der Waals surface area (Å²) in [5.41, 5.74) is 0.926. The molecule has 33 heavy (non-hydrogen) atoms. The molecular formula is C21H16ClFN6O3S. The number of nitrogens with one attached hydrogen (secondary N) is 2. The van der Waals surface area contributed by atoms with Crippen molar-refractivity contribution in [3.63, 3.8) is 0 Å². The molecule has 1 aromatic carbocycles. The molecule has 9 nitrogen and oxygen atoms in total. The van der Waals surface area contributed by atoms with Gasteiger partial charge >= 0.3 is 0 Å². The number of carbonyl (C=O) groups is 2. The number of ether oxygens (including phenoxy) is 1. The molecule has 1 aliphatic rings. The molecule has 0 atom stereocenters. The average molecular weight is 487 g/mol. The van der Waals surface area contributed by atoms with Crippen LogP contribution in [-0.4, -0.2) is 31.4 Å². The van der Waals surface area contributed by atoms with Gasteiger partial charge in [-0.1, -0.05) is 22.9 Å². The highest BCUT2D eigenvalue weighted by molar-refractivity contribution is 7.17. The van der Waals surface area contributed by atoms with E-state index < -0.39 is 11.7 Å². The number of imidazole rings is 1. The Hall–Kier alpha value is -3.57. The topological polar surface area (TPSA) is 111 Å². The third kappa shape index (κ3) is 4.64. The summed E-state index contributed by atoms with van der Waals surface area (Å²) in [6.45, 7) is 1.65. The van der Waals surface area contributed by atoms with E-state index >= 15 is 0 Å². The normalized spacial score (nSPS) is 13.2. The molecule has 5 rings (SSSR count). The van der Waals surface area contributed by atoms with Gasteiger partial charge in [-0.3, -0.25) is 9.59 Å². The number of rotatable bonds is 6. The molecule has 168 valence electrons. The molecule has 1 aliphatic carbocycles. The number of aryl methyl sites for hydroxylation is 1. The van der Waals surface area contributed by atoms with Crippen molar-refractivity contribution in [2.45, 2.75) is 19.8 Å². The van der Waals surface area contributed by atoms with Crippen LogP contribution in [0.1, 0.15) is 28.2 Å². The van der Waals surface area contributed by atoms with Crippen molar-refractivity contribution in [3.05, 3.63) is 57.4 Å². The first-order valence-corrected chi connectivity index (χ1v) is 11.1. The van der Waals surface area contributed by atoms with Gasteiger partial charge in [-0.05, 0) is 38.0 Å². The highest BCUT2D eigenvalue weighted by atomic mass is 35.5. The van der Waals surface area contributed by atoms with Gasteiger partial charge in [-0.25, -0.2) is 18.9 Å². The summed E-state index contributed by atoms with van der Waals surface area (Å²) in [6, 6.07) is 7.22. The first-order valence-electron chi connectivity index (χ1n) is 9.95. The molecule has 0 spiro atoms. The molecule has 0 saturated heterocycles. The summed E-state index contributed by atoms with van der Waals surface area (Å²) in [5, 5.41) is 9.59. The van der Waals surface area contributed by atoms with Crippen molar-refractivity contribution in [2.75, 3.05) is 10.6 Å². The second-order valence-electron chi connectivity index (χ2n) is 7.44. The molecule has 2 N–H and O–H groups in total. The second kappa shape index (κ2) is 8.41. The maximum Gasteiger partial charge on any atom is 0.267 e. The Morgan fingerprint density at radius 1 is 1.21 bits per heavy atom. The molecule has 3 heterocycles. The van der Waals surface area contributed by atoms with Crippen LogP contribution in [0.3, 0.4) is 0 Å². The molecule has 4 aromatic rings. The SMILES string of the molecule is Cc1nc(Cl)sc1C(=O)Nc1cc(Oc2ccc3nc(NC(=O)C4CC4)cn3n2)ccc1F. The van der Waals surface area contributed by atoms with E-state index in [0.29, 0.717) is 22.0 Å². The fraction of sp³-hybridized carbons (Fsp3) is 0.190. The van der Waals surface area contributed by atoms with Crippen LogP contribution < -0.4 is 15.4 Å². The van der Waals surface area contributed by atoms with E-state index in [9.17, 15) is 14.0 Å². The van der Waals surface area contributed by atoms with Crippen molar-refractivity contribution in [3.8, 4) is 11.6 Å². The Balaban J connectivity index is 1.32. The molecule has 0 radical (unpaired) electrons. The predicted octanol–water partition coefficient (Wildman–Crippen LogP) is 4.68. The molecular weight excluding hydrogens is 471 g/mol. The summed E-state index contributed by atoms with van der Waals surface area (Å²) in [7, 11) is 0. The van der Waals surface area contributed by atoms with Crippen LogP contribution in [-0.2, 0) is 4.79 Å². The lowest BCUT2D eigenvalue weighted by Gasteiger charge is -2.09. The monoisotopic (exact) mass is 486 g/mol. The summed E-state index contributed by atoms with van der Waals surface area (Å²) in [5.74, 6) is -0.251. The average Bonchev–Trinajstić information content (AvgIpc) is 3.46. The Morgan fingerprint density at radius 3 is 2.76 bits per heavy atom. The second-order valence-corrected chi connectivity index (χ2v) is 9.02. The van der Waals surface area contributed by atoms with E-state index in [2.05, 4.69) is 25.7 Å². The fourth-order valence-corrected chi connectivity index (χ4v) is 4.14. The molecule has 0 bridgehead atoms. The standard InChI is InChI=1S/C21H16ClFN6O3S/c1-10-18(33-21(22)24-10)20(31)25-14-8-12(4-5-13(14)23)32-17-7-6-16-26-15(9-29(16)28-17)27-19(30)11-2-3-11/h4-9,11H,2-3H2,1H3,(H,25,31)(H,27,30). The number of carbonyl (C=O) groups excluding carboxylic acids is 2. The Bertz CT molecular complexity index is 1400. The summed E-state index contributed by atoms with van der Waals surface area (Å²) in [4.78, 5) is 33.0. The highest BCUT2D eigenvalue weighted by Crippen LogP contribution is 2.30. The fourth-order valence-electron chi connectivity index (χ4n) is 3.09. The van der Waals surface area contributed by atoms with Crippen LogP contribution in [0.4, 0.5) is 15.9 Å². The Morgan fingerprint density at radius 2 is 2.03 bits per heavy atom. The molecule has 12 heteroatoms. The van der Waals surface area contributed by atoms with Crippen LogP contribution in [0.15, 0.2) is 36.5 Å². The number of fused-ring (bicyclic) bond motifs is 1. The minimum atomic E-state index is -0.627. The Kier molecular flexibility index (Phi) is 5.43. The van der Waals surface area contributed by atoms with E-state index in [1.807, 2.05) is 0 Å². The number of amides is 2. The molecule has 1 saturated carbocycles. The zero-order valence-electron chi connectivity index (χ0n) is 17.1. The van der Waals surface area contributed by atoms with Gasteiger partial charge in [0.05, 0.1) is 17.6 Å². The summed E-state index contributed by atoms with van der Waals surface area (Å²) in [6.07, 6.45) is 3.38. The van der Waals surface area contributed by atoms with Crippen LogP contribution in [0.2, 0.25) is 4.47 Å². The number of benzene rings is 1. The lowest BCUT2D eigenvalue weighted by molar-refractivity contribution is -0.117. The van der Waals surface area contributed by atoms with Crippen molar-refractivity contribution >= 4 is 51.9 Å². The molecule has 0 aliphatic heterocycles. The Labute approximate surface area is 195 Å². The molecule has 2 amide bonds. The predicted molar refractivity (Wildman–Crippen MR) is 121 cm³/mol. The first kappa shape index (κ1) is 21.3. The van der Waals surface area contributed by atoms with Gasteiger partial charge in [0, 0.05) is 18.1 Å². The van der Waals surface area contributed by atoms with Crippen molar-refractivity contribution in [2.24, 2.45) is 5.92 Å². The van der Waals surface area contributed by atoms with Gasteiger partial charge in [0.2, 0.25) is 11.8 Å². The number of hydrogen-bond acceptors (Lipinski definition) is 7. The van der Waals surface area contributed by atoms with Crippen LogP contribution in [0.25, 0.3) is 5.65 Å². The van der Waals surface area contributed by atoms with Gasteiger partial charge in [0.15, 0.2) is 15.9 Å². The van der Waals surface area contributed by atoms with Crippen LogP contribution in [0, 0.1) is 18.7 Å². The number of anilines is 2.